The van der Waals surface area contributed by atoms with Crippen molar-refractivity contribution >= 4 is 28.3 Å². The van der Waals surface area contributed by atoms with E-state index in [1.807, 2.05) is 62.4 Å². The molecule has 0 saturated carbocycles. The van der Waals surface area contributed by atoms with Gasteiger partial charge in [0.05, 0.1) is 6.04 Å². The van der Waals surface area contributed by atoms with Crippen molar-refractivity contribution in [1.29, 1.82) is 0 Å². The summed E-state index contributed by atoms with van der Waals surface area (Å²) in [4.78, 5) is 15.9. The second kappa shape index (κ2) is 6.57. The van der Waals surface area contributed by atoms with Crippen molar-refractivity contribution in [2.45, 2.75) is 25.9 Å². The molecule has 0 unspecified atom stereocenters. The van der Waals surface area contributed by atoms with Gasteiger partial charge in [-0.3, -0.25) is 4.79 Å². The number of rotatable bonds is 5. The molecule has 23 heavy (non-hydrogen) atoms. The summed E-state index contributed by atoms with van der Waals surface area (Å²) in [6.07, 6.45) is 1.79. The number of hydrogen-bond donors (Lipinski definition) is 2. The summed E-state index contributed by atoms with van der Waals surface area (Å²) in [6.45, 7) is 3.94. The van der Waals surface area contributed by atoms with E-state index in [-0.39, 0.29) is 17.9 Å². The largest absolute Gasteiger partial charge is 0.360 e. The Bertz CT molecular complexity index is 823. The van der Waals surface area contributed by atoms with E-state index < -0.39 is 0 Å². The topological polar surface area (TPSA) is 44.9 Å². The maximum Gasteiger partial charge on any atom is 0.181 e. The van der Waals surface area contributed by atoms with Gasteiger partial charge in [0.2, 0.25) is 0 Å². The molecule has 0 bridgehead atoms. The van der Waals surface area contributed by atoms with Crippen molar-refractivity contribution in [1.82, 2.24) is 10.3 Å². The molecule has 2 atom stereocenters. The number of carbonyl (C=O) groups is 1. The summed E-state index contributed by atoms with van der Waals surface area (Å²) in [7, 11) is 0. The molecule has 0 spiro atoms. The predicted molar refractivity (Wildman–Crippen MR) is 95.1 cm³/mol. The second-order valence-corrected chi connectivity index (χ2v) is 6.21. The Balaban J connectivity index is 1.76. The van der Waals surface area contributed by atoms with Gasteiger partial charge in [0.1, 0.15) is 0 Å². The zero-order valence-corrected chi connectivity index (χ0v) is 13.9. The van der Waals surface area contributed by atoms with Crippen molar-refractivity contribution in [3.63, 3.8) is 0 Å². The van der Waals surface area contributed by atoms with Crippen LogP contribution in [-0.4, -0.2) is 16.8 Å². The van der Waals surface area contributed by atoms with Gasteiger partial charge in [-0.1, -0.05) is 41.9 Å². The summed E-state index contributed by atoms with van der Waals surface area (Å²) in [5, 5.41) is 5.04. The molecular formula is C19H19ClN2O. The Morgan fingerprint density at radius 2 is 1.78 bits per heavy atom. The van der Waals surface area contributed by atoms with Crippen LogP contribution in [0.15, 0.2) is 54.7 Å². The van der Waals surface area contributed by atoms with Crippen LogP contribution in [0.5, 0.6) is 0 Å². The van der Waals surface area contributed by atoms with E-state index >= 15 is 0 Å². The molecule has 1 aromatic heterocycles. The zero-order chi connectivity index (χ0) is 16.4. The van der Waals surface area contributed by atoms with E-state index in [1.54, 1.807) is 6.20 Å². The number of hydrogen-bond acceptors (Lipinski definition) is 2. The minimum Gasteiger partial charge on any atom is -0.360 e. The molecular weight excluding hydrogens is 308 g/mol. The minimum absolute atomic E-state index is 0.0661. The Hall–Kier alpha value is -2.10. The molecule has 3 rings (SSSR count). The van der Waals surface area contributed by atoms with Crippen molar-refractivity contribution in [3.8, 4) is 0 Å². The van der Waals surface area contributed by atoms with Gasteiger partial charge in [0.25, 0.3) is 0 Å². The lowest BCUT2D eigenvalue weighted by atomic mass is 10.0. The number of ketones is 1. The van der Waals surface area contributed by atoms with Crippen molar-refractivity contribution in [2.75, 3.05) is 0 Å². The third kappa shape index (κ3) is 3.31. The molecule has 4 heteroatoms. The molecule has 2 aromatic carbocycles. The second-order valence-electron chi connectivity index (χ2n) is 5.77. The van der Waals surface area contributed by atoms with Crippen LogP contribution < -0.4 is 5.32 Å². The average Bonchev–Trinajstić information content (AvgIpc) is 2.98. The van der Waals surface area contributed by atoms with Crippen molar-refractivity contribution in [2.24, 2.45) is 0 Å². The van der Waals surface area contributed by atoms with Crippen molar-refractivity contribution in [3.05, 3.63) is 70.9 Å². The van der Waals surface area contributed by atoms with E-state index in [0.717, 1.165) is 22.0 Å². The molecule has 0 aliphatic carbocycles. The zero-order valence-electron chi connectivity index (χ0n) is 13.1. The van der Waals surface area contributed by atoms with Gasteiger partial charge in [-0.2, -0.15) is 0 Å². The fraction of sp³-hybridized carbons (Fsp3) is 0.211. The van der Waals surface area contributed by atoms with Crippen LogP contribution >= 0.6 is 11.6 Å². The quantitative estimate of drug-likeness (QED) is 0.665. The van der Waals surface area contributed by atoms with Gasteiger partial charge >= 0.3 is 0 Å². The number of H-pyrrole nitrogens is 1. The number of aromatic nitrogens is 1. The van der Waals surface area contributed by atoms with E-state index in [2.05, 4.69) is 10.3 Å². The van der Waals surface area contributed by atoms with Crippen LogP contribution in [0.4, 0.5) is 0 Å². The number of halogens is 1. The smallest absolute Gasteiger partial charge is 0.181 e. The van der Waals surface area contributed by atoms with Gasteiger partial charge in [-0.25, -0.2) is 0 Å². The van der Waals surface area contributed by atoms with Crippen LogP contribution in [0, 0.1) is 0 Å². The maximum atomic E-state index is 12.7. The van der Waals surface area contributed by atoms with Gasteiger partial charge in [0.15, 0.2) is 5.78 Å². The summed E-state index contributed by atoms with van der Waals surface area (Å²) >= 11 is 5.92. The van der Waals surface area contributed by atoms with E-state index in [9.17, 15) is 4.79 Å². The number of benzene rings is 2. The fourth-order valence-corrected chi connectivity index (χ4v) is 2.93. The number of aromatic amines is 1. The highest BCUT2D eigenvalue weighted by Gasteiger charge is 2.20. The number of carbonyl (C=O) groups excluding carboxylic acids is 1. The number of Topliss-reactive ketones (excluding diaryl/α,β-unsaturated/α-hetero) is 1. The summed E-state index contributed by atoms with van der Waals surface area (Å²) in [5.41, 5.74) is 2.81. The minimum atomic E-state index is -0.278. The first-order valence-corrected chi connectivity index (χ1v) is 8.06. The first-order chi connectivity index (χ1) is 11.1. The number of fused-ring (bicyclic) bond motifs is 1. The van der Waals surface area contributed by atoms with Crippen LogP contribution in [0.3, 0.4) is 0 Å². The van der Waals surface area contributed by atoms with E-state index in [0.29, 0.717) is 5.02 Å². The molecule has 3 aromatic rings. The van der Waals surface area contributed by atoms with Crippen LogP contribution in [0.1, 0.15) is 35.8 Å². The maximum absolute atomic E-state index is 12.7. The van der Waals surface area contributed by atoms with Crippen LogP contribution in [-0.2, 0) is 0 Å². The molecule has 0 radical (unpaired) electrons. The summed E-state index contributed by atoms with van der Waals surface area (Å²) in [5.74, 6) is 0.0864. The Morgan fingerprint density at radius 3 is 2.52 bits per heavy atom. The third-order valence-electron chi connectivity index (χ3n) is 4.12. The lowest BCUT2D eigenvalue weighted by Gasteiger charge is -2.19. The molecule has 0 saturated heterocycles. The SMILES string of the molecule is C[C@H](N[C@H](C)c1ccc(Cl)cc1)C(=O)c1c[nH]c2ccccc12. The summed E-state index contributed by atoms with van der Waals surface area (Å²) in [6, 6.07) is 15.3. The van der Waals surface area contributed by atoms with Gasteiger partial charge < -0.3 is 10.3 Å². The Morgan fingerprint density at radius 1 is 1.09 bits per heavy atom. The van der Waals surface area contributed by atoms with Gasteiger partial charge in [-0.15, -0.1) is 0 Å². The molecule has 3 nitrogen and oxygen atoms in total. The molecule has 0 amide bonds. The Labute approximate surface area is 140 Å². The lowest BCUT2D eigenvalue weighted by molar-refractivity contribution is 0.0947. The van der Waals surface area contributed by atoms with Gasteiger partial charge in [-0.05, 0) is 37.6 Å². The average molecular weight is 327 g/mol. The Kier molecular flexibility index (Phi) is 4.51. The first kappa shape index (κ1) is 15.8. The monoisotopic (exact) mass is 326 g/mol. The highest BCUT2D eigenvalue weighted by molar-refractivity contribution is 6.30. The lowest BCUT2D eigenvalue weighted by Crippen LogP contribution is -2.35. The molecule has 0 aliphatic rings. The molecule has 2 N–H and O–H groups in total. The molecule has 1 heterocycles. The molecule has 0 fully saturated rings. The highest BCUT2D eigenvalue weighted by Crippen LogP contribution is 2.21. The predicted octanol–water partition coefficient (Wildman–Crippen LogP) is 4.74. The highest BCUT2D eigenvalue weighted by atomic mass is 35.5. The molecule has 0 aliphatic heterocycles. The first-order valence-electron chi connectivity index (χ1n) is 7.68. The number of nitrogens with one attached hydrogen (secondary N) is 2. The van der Waals surface area contributed by atoms with E-state index in [4.69, 9.17) is 11.6 Å². The van der Waals surface area contributed by atoms with E-state index in [1.165, 1.54) is 0 Å². The summed E-state index contributed by atoms with van der Waals surface area (Å²) < 4.78 is 0. The third-order valence-corrected chi connectivity index (χ3v) is 4.37. The molecule has 118 valence electrons. The van der Waals surface area contributed by atoms with Crippen molar-refractivity contribution < 1.29 is 4.79 Å². The normalized spacial score (nSPS) is 13.9. The van der Waals surface area contributed by atoms with Crippen LogP contribution in [0.2, 0.25) is 5.02 Å². The standard InChI is InChI=1S/C19H19ClN2O/c1-12(14-7-9-15(20)10-8-14)22-13(2)19(23)17-11-21-18-6-4-3-5-16(17)18/h3-13,21-22H,1-2H3/t12-,13+/m1/s1. The van der Waals surface area contributed by atoms with Gasteiger partial charge in [0, 0.05) is 33.7 Å². The van der Waals surface area contributed by atoms with Crippen LogP contribution in [0.25, 0.3) is 10.9 Å². The number of para-hydroxylation sites is 1. The fourth-order valence-electron chi connectivity index (χ4n) is 2.81.